The van der Waals surface area contributed by atoms with Crippen LogP contribution in [0, 0.1) is 0 Å². The fourth-order valence-electron chi connectivity index (χ4n) is 7.67. The van der Waals surface area contributed by atoms with E-state index in [2.05, 4.69) is 235 Å². The maximum atomic E-state index is 4.54. The molecule has 1 aliphatic carbocycles. The molecule has 0 heterocycles. The van der Waals surface area contributed by atoms with E-state index in [-0.39, 0.29) is 0 Å². The number of allylic oxidation sites excluding steroid dienone is 4. The molecule has 0 radical (unpaired) electrons. The van der Waals surface area contributed by atoms with E-state index in [1.165, 1.54) is 32.7 Å². The normalized spacial score (nSPS) is 13.8. The van der Waals surface area contributed by atoms with Gasteiger partial charge < -0.3 is 9.80 Å². The summed E-state index contributed by atoms with van der Waals surface area (Å²) >= 11 is 0. The van der Waals surface area contributed by atoms with Crippen LogP contribution >= 0.6 is 0 Å². The molecular weight excluding hydrogens is 665 g/mol. The van der Waals surface area contributed by atoms with Crippen molar-refractivity contribution in [1.29, 1.82) is 0 Å². The second-order valence-electron chi connectivity index (χ2n) is 13.8. The molecule has 0 aliphatic heterocycles. The molecule has 8 aromatic carbocycles. The quantitative estimate of drug-likeness (QED) is 0.152. The van der Waals surface area contributed by atoms with Gasteiger partial charge >= 0.3 is 0 Å². The Morgan fingerprint density at radius 2 is 0.964 bits per heavy atom. The first-order valence-corrected chi connectivity index (χ1v) is 18.8. The number of fused-ring (bicyclic) bond motifs is 4. The Morgan fingerprint density at radius 3 is 1.65 bits per heavy atom. The van der Waals surface area contributed by atoms with E-state index in [9.17, 15) is 0 Å². The van der Waals surface area contributed by atoms with Crippen molar-refractivity contribution in [1.82, 2.24) is 0 Å². The van der Waals surface area contributed by atoms with Crippen molar-refractivity contribution < 1.29 is 0 Å². The van der Waals surface area contributed by atoms with Crippen LogP contribution in [-0.2, 0) is 6.42 Å². The van der Waals surface area contributed by atoms with Gasteiger partial charge in [0.05, 0.1) is 11.4 Å². The van der Waals surface area contributed by atoms with Crippen molar-refractivity contribution in [2.75, 3.05) is 9.80 Å². The SMILES string of the molecule is C=C1/C=C\C=C/Cc2ccccc2C=C1N(c1ccccc1)c1ccc(-c2ccc(N(c3ccccc3)c3cc4ccccc4c4ccccc34)cc2)cc1. The Kier molecular flexibility index (Phi) is 9.22. The van der Waals surface area contributed by atoms with Gasteiger partial charge in [0, 0.05) is 28.1 Å². The smallest absolute Gasteiger partial charge is 0.0546 e. The van der Waals surface area contributed by atoms with Crippen LogP contribution in [0.4, 0.5) is 28.4 Å². The van der Waals surface area contributed by atoms with Crippen LogP contribution in [0.5, 0.6) is 0 Å². The molecule has 1 aliphatic rings. The van der Waals surface area contributed by atoms with Gasteiger partial charge in [0.25, 0.3) is 0 Å². The average molecular weight is 705 g/mol. The van der Waals surface area contributed by atoms with Gasteiger partial charge in [-0.05, 0) is 111 Å². The summed E-state index contributed by atoms with van der Waals surface area (Å²) in [5, 5.41) is 4.95. The van der Waals surface area contributed by atoms with Crippen molar-refractivity contribution >= 4 is 56.1 Å². The van der Waals surface area contributed by atoms with Crippen LogP contribution in [-0.4, -0.2) is 0 Å². The summed E-state index contributed by atoms with van der Waals surface area (Å²) in [6, 6.07) is 67.4. The highest BCUT2D eigenvalue weighted by Gasteiger charge is 2.19. The van der Waals surface area contributed by atoms with Crippen molar-refractivity contribution in [2.24, 2.45) is 0 Å². The zero-order chi connectivity index (χ0) is 37.0. The Labute approximate surface area is 323 Å². The number of para-hydroxylation sites is 2. The molecule has 0 spiro atoms. The molecule has 0 saturated heterocycles. The Hall–Kier alpha value is -7.16. The molecule has 2 heteroatoms. The molecule has 0 unspecified atom stereocenters. The summed E-state index contributed by atoms with van der Waals surface area (Å²) < 4.78 is 0. The van der Waals surface area contributed by atoms with Crippen LogP contribution < -0.4 is 9.80 Å². The number of benzene rings is 8. The van der Waals surface area contributed by atoms with E-state index in [1.54, 1.807) is 0 Å². The third-order valence-electron chi connectivity index (χ3n) is 10.4. The Bertz CT molecular complexity index is 2720. The predicted molar refractivity (Wildman–Crippen MR) is 236 cm³/mol. The summed E-state index contributed by atoms with van der Waals surface area (Å²) in [6.07, 6.45) is 11.6. The summed E-state index contributed by atoms with van der Waals surface area (Å²) in [7, 11) is 0. The molecule has 55 heavy (non-hydrogen) atoms. The third kappa shape index (κ3) is 6.78. The topological polar surface area (TPSA) is 6.48 Å². The molecule has 9 rings (SSSR count). The molecule has 2 nitrogen and oxygen atoms in total. The van der Waals surface area contributed by atoms with E-state index in [0.29, 0.717) is 0 Å². The minimum Gasteiger partial charge on any atom is -0.310 e. The predicted octanol–water partition coefficient (Wildman–Crippen LogP) is 14.5. The molecule has 0 bridgehead atoms. The lowest BCUT2D eigenvalue weighted by molar-refractivity contribution is 1.19. The van der Waals surface area contributed by atoms with Gasteiger partial charge in [-0.2, -0.15) is 0 Å². The Balaban J connectivity index is 1.10. The van der Waals surface area contributed by atoms with Crippen LogP contribution in [0.2, 0.25) is 0 Å². The van der Waals surface area contributed by atoms with Gasteiger partial charge in [-0.3, -0.25) is 0 Å². The van der Waals surface area contributed by atoms with E-state index >= 15 is 0 Å². The number of nitrogens with zero attached hydrogens (tertiary/aromatic N) is 2. The maximum absolute atomic E-state index is 4.54. The van der Waals surface area contributed by atoms with Crippen LogP contribution in [0.15, 0.2) is 230 Å². The number of rotatable bonds is 7. The number of hydrogen-bond acceptors (Lipinski definition) is 2. The third-order valence-corrected chi connectivity index (χ3v) is 10.4. The standard InChI is InChI=1S/C53H40N2/c1-39-17-5-2-6-18-40-19-11-12-20-43(40)37-52(39)54(45-22-7-3-8-23-45)47-33-29-41(30-34-47)42-31-35-48(36-32-42)55(46-24-9-4-10-25-46)53-38-44-21-13-14-26-49(44)50-27-15-16-28-51(50)53/h2-17,19-38H,1,18H2/b6-2-,17-5-,52-37?. The second-order valence-corrected chi connectivity index (χ2v) is 13.8. The lowest BCUT2D eigenvalue weighted by atomic mass is 9.98. The molecule has 0 atom stereocenters. The van der Waals surface area contributed by atoms with E-state index in [0.717, 1.165) is 57.3 Å². The van der Waals surface area contributed by atoms with Crippen molar-refractivity contribution in [3.05, 3.63) is 241 Å². The van der Waals surface area contributed by atoms with Crippen molar-refractivity contribution in [2.45, 2.75) is 6.42 Å². The van der Waals surface area contributed by atoms with Crippen LogP contribution in [0.25, 0.3) is 38.7 Å². The van der Waals surface area contributed by atoms with Crippen molar-refractivity contribution in [3.8, 4) is 11.1 Å². The molecule has 0 amide bonds. The van der Waals surface area contributed by atoms with Gasteiger partial charge in [0.2, 0.25) is 0 Å². The molecule has 262 valence electrons. The number of anilines is 5. The minimum atomic E-state index is 0.873. The highest BCUT2D eigenvalue weighted by atomic mass is 15.2. The van der Waals surface area contributed by atoms with E-state index in [4.69, 9.17) is 0 Å². The Morgan fingerprint density at radius 1 is 0.436 bits per heavy atom. The number of hydrogen-bond donors (Lipinski definition) is 0. The molecular formula is C53H40N2. The van der Waals surface area contributed by atoms with E-state index in [1.807, 2.05) is 0 Å². The second kappa shape index (κ2) is 15.1. The van der Waals surface area contributed by atoms with Gasteiger partial charge in [-0.15, -0.1) is 0 Å². The lowest BCUT2D eigenvalue weighted by Gasteiger charge is -2.29. The van der Waals surface area contributed by atoms with Crippen molar-refractivity contribution in [3.63, 3.8) is 0 Å². The van der Waals surface area contributed by atoms with Crippen LogP contribution in [0.1, 0.15) is 11.1 Å². The highest BCUT2D eigenvalue weighted by Crippen LogP contribution is 2.43. The van der Waals surface area contributed by atoms with Gasteiger partial charge in [-0.1, -0.05) is 164 Å². The van der Waals surface area contributed by atoms with E-state index < -0.39 is 0 Å². The average Bonchev–Trinajstić information content (AvgIpc) is 3.25. The summed E-state index contributed by atoms with van der Waals surface area (Å²) in [5.41, 5.74) is 12.3. The van der Waals surface area contributed by atoms with Crippen LogP contribution in [0.3, 0.4) is 0 Å². The van der Waals surface area contributed by atoms with Gasteiger partial charge in [0.1, 0.15) is 0 Å². The minimum absolute atomic E-state index is 0.873. The largest absolute Gasteiger partial charge is 0.310 e. The lowest BCUT2D eigenvalue weighted by Crippen LogP contribution is -2.17. The first-order valence-electron chi connectivity index (χ1n) is 18.8. The zero-order valence-corrected chi connectivity index (χ0v) is 30.6. The molecule has 0 fully saturated rings. The molecule has 0 saturated carbocycles. The maximum Gasteiger partial charge on any atom is 0.0546 e. The molecule has 0 N–H and O–H groups in total. The zero-order valence-electron chi connectivity index (χ0n) is 30.6. The summed E-state index contributed by atoms with van der Waals surface area (Å²) in [5.74, 6) is 0. The summed E-state index contributed by atoms with van der Waals surface area (Å²) in [6.45, 7) is 4.54. The first kappa shape index (κ1) is 33.7. The van der Waals surface area contributed by atoms with Gasteiger partial charge in [-0.25, -0.2) is 0 Å². The first-order chi connectivity index (χ1) is 27.2. The monoisotopic (exact) mass is 704 g/mol. The molecule has 0 aromatic heterocycles. The fraction of sp³-hybridized carbons (Fsp3) is 0.0189. The fourth-order valence-corrected chi connectivity index (χ4v) is 7.67. The molecule has 8 aromatic rings. The van der Waals surface area contributed by atoms with Gasteiger partial charge in [0.15, 0.2) is 0 Å². The highest BCUT2D eigenvalue weighted by molar-refractivity contribution is 6.14. The summed E-state index contributed by atoms with van der Waals surface area (Å²) in [4.78, 5) is 4.69.